The van der Waals surface area contributed by atoms with Crippen molar-refractivity contribution in [1.82, 2.24) is 0 Å². The molecule has 0 aromatic heterocycles. The molecule has 5 rings (SSSR count). The van der Waals surface area contributed by atoms with Gasteiger partial charge in [-0.3, -0.25) is 0 Å². The molecule has 0 saturated heterocycles. The van der Waals surface area contributed by atoms with Gasteiger partial charge in [0.05, 0.1) is 35.6 Å². The Hall–Kier alpha value is -2.60. The molecule has 6 heteroatoms. The lowest BCUT2D eigenvalue weighted by molar-refractivity contribution is 0.0933. The molecule has 0 fully saturated rings. The molecule has 3 heterocycles. The molecule has 2 aromatic carbocycles. The molecule has 2 atom stereocenters. The maximum atomic E-state index is 13.9. The van der Waals surface area contributed by atoms with Gasteiger partial charge in [0.15, 0.2) is 0 Å². The average Bonchev–Trinajstić information content (AvgIpc) is 2.76. The van der Waals surface area contributed by atoms with Gasteiger partial charge in [0.25, 0.3) is 0 Å². The lowest BCUT2D eigenvalue weighted by Gasteiger charge is -2.41. The highest BCUT2D eigenvalue weighted by Crippen LogP contribution is 2.55. The second-order valence-corrected chi connectivity index (χ2v) is 9.23. The Morgan fingerprint density at radius 3 is 2.77 bits per heavy atom. The second-order valence-electron chi connectivity index (χ2n) is 8.63. The van der Waals surface area contributed by atoms with Crippen molar-refractivity contribution in [2.24, 2.45) is 0 Å². The molecule has 0 unspecified atom stereocenters. The maximum absolute atomic E-state index is 13.9. The van der Waals surface area contributed by atoms with Crippen molar-refractivity contribution in [3.05, 3.63) is 59.2 Å². The molecule has 162 valence electrons. The summed E-state index contributed by atoms with van der Waals surface area (Å²) in [6.45, 7) is 10.7. The Labute approximate surface area is 186 Å². The fourth-order valence-corrected chi connectivity index (χ4v) is 5.37. The van der Waals surface area contributed by atoms with E-state index in [2.05, 4.69) is 19.6 Å². The van der Waals surface area contributed by atoms with Crippen LogP contribution in [0.25, 0.3) is 10.5 Å². The minimum Gasteiger partial charge on any atom is -0.496 e. The first-order valence-electron chi connectivity index (χ1n) is 10.4. The summed E-state index contributed by atoms with van der Waals surface area (Å²) >= 11 is 0.215. The molecule has 0 spiro atoms. The summed E-state index contributed by atoms with van der Waals surface area (Å²) in [6.07, 6.45) is 2.38. The van der Waals surface area contributed by atoms with Crippen LogP contribution >= 0.6 is 12.1 Å². The Kier molecular flexibility index (Phi) is 4.74. The lowest BCUT2D eigenvalue weighted by atomic mass is 9.78. The minimum absolute atomic E-state index is 0.0690. The van der Waals surface area contributed by atoms with Crippen molar-refractivity contribution in [1.29, 1.82) is 0 Å². The molecule has 31 heavy (non-hydrogen) atoms. The van der Waals surface area contributed by atoms with Crippen molar-refractivity contribution in [3.8, 4) is 23.0 Å². The van der Waals surface area contributed by atoms with E-state index in [0.29, 0.717) is 28.6 Å². The predicted octanol–water partition coefficient (Wildman–Crippen LogP) is 6.34. The quantitative estimate of drug-likeness (QED) is 0.557. The topological polar surface area (TPSA) is 36.9 Å². The van der Waals surface area contributed by atoms with Crippen molar-refractivity contribution in [3.63, 3.8) is 0 Å². The third kappa shape index (κ3) is 3.11. The highest BCUT2D eigenvalue weighted by Gasteiger charge is 2.42. The van der Waals surface area contributed by atoms with Crippen LogP contribution in [0.3, 0.4) is 0 Å². The van der Waals surface area contributed by atoms with Gasteiger partial charge in [0.2, 0.25) is 0 Å². The van der Waals surface area contributed by atoms with Gasteiger partial charge in [0.1, 0.15) is 41.3 Å². The minimum atomic E-state index is -0.593. The Balaban J connectivity index is 1.64. The molecule has 0 aliphatic carbocycles. The molecular weight excluding hydrogens is 415 g/mol. The highest BCUT2D eigenvalue weighted by atomic mass is 32.2. The van der Waals surface area contributed by atoms with Crippen LogP contribution in [0.4, 0.5) is 3.89 Å². The van der Waals surface area contributed by atoms with Crippen molar-refractivity contribution in [2.75, 3.05) is 13.7 Å². The van der Waals surface area contributed by atoms with Gasteiger partial charge >= 0.3 is 0 Å². The zero-order chi connectivity index (χ0) is 21.9. The van der Waals surface area contributed by atoms with Crippen LogP contribution in [-0.2, 0) is 6.42 Å². The second kappa shape index (κ2) is 7.23. The fraction of sp³-hybridized carbons (Fsp3) is 0.360. The first-order valence-corrected chi connectivity index (χ1v) is 11.2. The maximum Gasteiger partial charge on any atom is 0.144 e. The van der Waals surface area contributed by atoms with E-state index in [4.69, 9.17) is 18.9 Å². The molecule has 3 aliphatic heterocycles. The normalized spacial score (nSPS) is 22.5. The summed E-state index contributed by atoms with van der Waals surface area (Å²) in [5.74, 6) is 2.84. The van der Waals surface area contributed by atoms with Gasteiger partial charge in [-0.05, 0) is 61.7 Å². The van der Waals surface area contributed by atoms with Gasteiger partial charge in [-0.2, -0.15) is 3.89 Å². The van der Waals surface area contributed by atoms with Crippen LogP contribution in [-0.4, -0.2) is 25.4 Å². The highest BCUT2D eigenvalue weighted by molar-refractivity contribution is 8.03. The number of rotatable bonds is 3. The molecule has 3 aliphatic rings. The summed E-state index contributed by atoms with van der Waals surface area (Å²) in [4.78, 5) is 0.501. The number of aryl methyl sites for hydroxylation is 1. The van der Waals surface area contributed by atoms with E-state index in [9.17, 15) is 3.89 Å². The summed E-state index contributed by atoms with van der Waals surface area (Å²) in [5.41, 5.74) is 3.96. The Morgan fingerprint density at radius 2 is 2.06 bits per heavy atom. The van der Waals surface area contributed by atoms with Crippen molar-refractivity contribution >= 4 is 22.6 Å². The van der Waals surface area contributed by atoms with E-state index in [-0.39, 0.29) is 24.2 Å². The molecule has 0 amide bonds. The summed E-state index contributed by atoms with van der Waals surface area (Å²) in [5, 5.41) is 0. The van der Waals surface area contributed by atoms with E-state index < -0.39 is 5.60 Å². The lowest BCUT2D eigenvalue weighted by Crippen LogP contribution is -2.39. The van der Waals surface area contributed by atoms with Crippen LogP contribution in [0.5, 0.6) is 23.0 Å². The van der Waals surface area contributed by atoms with Gasteiger partial charge in [-0.1, -0.05) is 13.5 Å². The summed E-state index contributed by atoms with van der Waals surface area (Å²) < 4.78 is 38.2. The van der Waals surface area contributed by atoms with E-state index in [0.717, 1.165) is 40.2 Å². The summed E-state index contributed by atoms with van der Waals surface area (Å²) in [7, 11) is 1.68. The number of fused-ring (bicyclic) bond motifs is 6. The molecule has 2 aromatic rings. The van der Waals surface area contributed by atoms with Gasteiger partial charge in [0, 0.05) is 11.1 Å². The van der Waals surface area contributed by atoms with E-state index in [1.807, 2.05) is 32.0 Å². The largest absolute Gasteiger partial charge is 0.496 e. The zero-order valence-corrected chi connectivity index (χ0v) is 18.9. The van der Waals surface area contributed by atoms with Crippen LogP contribution < -0.4 is 18.9 Å². The zero-order valence-electron chi connectivity index (χ0n) is 18.1. The third-order valence-corrected chi connectivity index (χ3v) is 6.68. The van der Waals surface area contributed by atoms with Crippen LogP contribution in [0.2, 0.25) is 0 Å². The van der Waals surface area contributed by atoms with Crippen LogP contribution in [0.1, 0.15) is 48.9 Å². The number of ether oxygens (including phenoxy) is 4. The van der Waals surface area contributed by atoms with Gasteiger partial charge in [-0.15, -0.1) is 0 Å². The number of hydrogen-bond acceptors (Lipinski definition) is 5. The predicted molar refractivity (Wildman–Crippen MR) is 122 cm³/mol. The number of halogens is 1. The molecule has 0 saturated carbocycles. The monoisotopic (exact) mass is 440 g/mol. The first-order chi connectivity index (χ1) is 14.9. The summed E-state index contributed by atoms with van der Waals surface area (Å²) in [6, 6.07) is 7.93. The third-order valence-electron chi connectivity index (χ3n) is 6.19. The number of benzene rings is 2. The van der Waals surface area contributed by atoms with E-state index in [1.54, 1.807) is 13.2 Å². The molecule has 0 bridgehead atoms. The van der Waals surface area contributed by atoms with Crippen molar-refractivity contribution in [2.45, 2.75) is 44.8 Å². The van der Waals surface area contributed by atoms with Crippen LogP contribution in [0, 0.1) is 0 Å². The SMILES string of the molecule is C=C1c2ccc3c(c2O[C@@H]2COc4cc(CC)c(OC)cc4[C@H]12)C(SF)=CC(C)(C)O3. The number of hydrogen-bond donors (Lipinski definition) is 0. The molecular formula is C25H25FO4S. The molecule has 0 N–H and O–H groups in total. The Bertz CT molecular complexity index is 1120. The van der Waals surface area contributed by atoms with E-state index in [1.165, 1.54) is 0 Å². The smallest absolute Gasteiger partial charge is 0.144 e. The van der Waals surface area contributed by atoms with E-state index >= 15 is 0 Å². The standard InChI is InChI=1S/C25H25FO4S/c1-6-14-9-19-16(10-18(14)27-5)22-13(2)15-7-8-17-23(24(15)29-20(22)12-28-19)21(31-26)11-25(3,4)30-17/h7-11,20,22H,2,6,12H2,1,3-5H3/t20-,22+/m1/s1. The fourth-order valence-electron chi connectivity index (χ4n) is 4.77. The molecule has 4 nitrogen and oxygen atoms in total. The van der Waals surface area contributed by atoms with Gasteiger partial charge < -0.3 is 18.9 Å². The molecule has 0 radical (unpaired) electrons. The van der Waals surface area contributed by atoms with Gasteiger partial charge in [-0.25, -0.2) is 0 Å². The Morgan fingerprint density at radius 1 is 1.26 bits per heavy atom. The van der Waals surface area contributed by atoms with Crippen molar-refractivity contribution < 1.29 is 22.8 Å². The van der Waals surface area contributed by atoms with Crippen LogP contribution in [0.15, 0.2) is 36.9 Å². The first kappa shape index (κ1) is 20.3. The average molecular weight is 441 g/mol. The number of methoxy groups -OCH3 is 1.